The van der Waals surface area contributed by atoms with Gasteiger partial charge in [-0.05, 0) is 91.4 Å². The Kier molecular flexibility index (Phi) is 6.58. The Morgan fingerprint density at radius 1 is 0.868 bits per heavy atom. The lowest BCUT2D eigenvalue weighted by Gasteiger charge is -2.26. The van der Waals surface area contributed by atoms with E-state index in [0.29, 0.717) is 10.1 Å². The minimum absolute atomic E-state index is 0.205. The standard InChI is InChI=1S/C31H24ClN3O2S/c1-20-24(10-7-11-25(20)32)27-17-18-28(37-27)30-29(26-12-5-6-19-33-26)34-31(38)35(30)21-13-15-23(16-14-21)36-22-8-3-2-4-9-22/h2-19,29-30H,1H3,(H,34,38)/t29-,30+/m1/s1. The predicted molar refractivity (Wildman–Crippen MR) is 155 cm³/mol. The number of aromatic nitrogens is 1. The Labute approximate surface area is 231 Å². The molecular weight excluding hydrogens is 514 g/mol. The van der Waals surface area contributed by atoms with Gasteiger partial charge in [0.25, 0.3) is 0 Å². The Hall–Kier alpha value is -4.13. The van der Waals surface area contributed by atoms with Crippen LogP contribution < -0.4 is 15.0 Å². The first-order chi connectivity index (χ1) is 18.6. The average Bonchev–Trinajstić information content (AvgIpc) is 3.56. The quantitative estimate of drug-likeness (QED) is 0.220. The van der Waals surface area contributed by atoms with E-state index in [-0.39, 0.29) is 12.1 Å². The molecule has 3 aromatic carbocycles. The molecule has 0 radical (unpaired) electrons. The van der Waals surface area contributed by atoms with Gasteiger partial charge in [0, 0.05) is 22.5 Å². The second-order valence-electron chi connectivity index (χ2n) is 9.02. The molecule has 0 aliphatic carbocycles. The SMILES string of the molecule is Cc1c(Cl)cccc1-c1ccc([C@H]2[C@@H](c3ccccn3)NC(=S)N2c2ccc(Oc3ccccc3)cc2)o1. The molecule has 38 heavy (non-hydrogen) atoms. The van der Waals surface area contributed by atoms with E-state index >= 15 is 0 Å². The minimum atomic E-state index is -0.258. The van der Waals surface area contributed by atoms with Crippen LogP contribution in [0.1, 0.15) is 29.1 Å². The van der Waals surface area contributed by atoms with Crippen LogP contribution in [-0.2, 0) is 0 Å². The normalized spacial score (nSPS) is 16.9. The summed E-state index contributed by atoms with van der Waals surface area (Å²) in [6.45, 7) is 1.99. The number of hydrogen-bond donors (Lipinski definition) is 1. The fourth-order valence-electron chi connectivity index (χ4n) is 4.75. The summed E-state index contributed by atoms with van der Waals surface area (Å²) >= 11 is 12.2. The molecule has 5 aromatic rings. The molecule has 2 atom stereocenters. The number of thiocarbonyl (C=S) groups is 1. The molecule has 1 aliphatic heterocycles. The number of halogens is 1. The van der Waals surface area contributed by atoms with Crippen molar-refractivity contribution in [2.45, 2.75) is 19.0 Å². The van der Waals surface area contributed by atoms with Gasteiger partial charge in [-0.2, -0.15) is 0 Å². The number of furan rings is 1. The lowest BCUT2D eigenvalue weighted by atomic mass is 10.0. The third-order valence-corrected chi connectivity index (χ3v) is 7.37. The molecule has 1 fully saturated rings. The maximum atomic E-state index is 6.49. The Morgan fingerprint density at radius 2 is 1.63 bits per heavy atom. The fraction of sp³-hybridized carbons (Fsp3) is 0.0968. The summed E-state index contributed by atoms with van der Waals surface area (Å²) in [5, 5.41) is 4.77. The van der Waals surface area contributed by atoms with Gasteiger partial charge in [-0.3, -0.25) is 4.98 Å². The van der Waals surface area contributed by atoms with Crippen molar-refractivity contribution in [2.24, 2.45) is 0 Å². The van der Waals surface area contributed by atoms with E-state index in [1.165, 1.54) is 0 Å². The van der Waals surface area contributed by atoms with Crippen LogP contribution in [0.15, 0.2) is 114 Å². The van der Waals surface area contributed by atoms with Crippen molar-refractivity contribution in [3.05, 3.63) is 131 Å². The maximum absolute atomic E-state index is 6.49. The van der Waals surface area contributed by atoms with Crippen LogP contribution >= 0.6 is 23.8 Å². The molecule has 188 valence electrons. The van der Waals surface area contributed by atoms with E-state index in [4.69, 9.17) is 33.0 Å². The second-order valence-corrected chi connectivity index (χ2v) is 9.81. The molecule has 0 unspecified atom stereocenters. The first kappa shape index (κ1) is 24.2. The van der Waals surface area contributed by atoms with E-state index in [1.54, 1.807) is 6.20 Å². The van der Waals surface area contributed by atoms with Crippen molar-refractivity contribution < 1.29 is 9.15 Å². The number of pyridine rings is 1. The van der Waals surface area contributed by atoms with Crippen LogP contribution in [0.5, 0.6) is 11.5 Å². The molecule has 2 aromatic heterocycles. The van der Waals surface area contributed by atoms with E-state index in [1.807, 2.05) is 110 Å². The highest BCUT2D eigenvalue weighted by Gasteiger charge is 2.42. The van der Waals surface area contributed by atoms with Crippen molar-refractivity contribution in [3.63, 3.8) is 0 Å². The number of hydrogen-bond acceptors (Lipinski definition) is 4. The molecule has 0 spiro atoms. The number of anilines is 1. The number of benzene rings is 3. The Bertz CT molecular complexity index is 1570. The summed E-state index contributed by atoms with van der Waals surface area (Å²) in [4.78, 5) is 6.70. The van der Waals surface area contributed by atoms with Gasteiger partial charge in [-0.15, -0.1) is 0 Å². The summed E-state index contributed by atoms with van der Waals surface area (Å²) in [7, 11) is 0. The maximum Gasteiger partial charge on any atom is 0.174 e. The van der Waals surface area contributed by atoms with Crippen molar-refractivity contribution in [3.8, 4) is 22.8 Å². The van der Waals surface area contributed by atoms with Crippen molar-refractivity contribution in [1.29, 1.82) is 0 Å². The lowest BCUT2D eigenvalue weighted by molar-refractivity contribution is 0.439. The van der Waals surface area contributed by atoms with E-state index in [0.717, 1.165) is 45.5 Å². The van der Waals surface area contributed by atoms with Crippen molar-refractivity contribution in [2.75, 3.05) is 4.90 Å². The topological polar surface area (TPSA) is 50.5 Å². The Balaban J connectivity index is 1.37. The highest BCUT2D eigenvalue weighted by Crippen LogP contribution is 2.43. The smallest absolute Gasteiger partial charge is 0.174 e. The van der Waals surface area contributed by atoms with E-state index in [9.17, 15) is 0 Å². The fourth-order valence-corrected chi connectivity index (χ4v) is 5.27. The van der Waals surface area contributed by atoms with Crippen LogP contribution in [0.25, 0.3) is 11.3 Å². The zero-order valence-corrected chi connectivity index (χ0v) is 22.1. The van der Waals surface area contributed by atoms with Gasteiger partial charge < -0.3 is 19.4 Å². The third-order valence-electron chi connectivity index (χ3n) is 6.64. The molecule has 0 amide bonds. The monoisotopic (exact) mass is 537 g/mol. The molecule has 5 nitrogen and oxygen atoms in total. The molecular formula is C31H24ClN3O2S. The van der Waals surface area contributed by atoms with Crippen LogP contribution in [0, 0.1) is 6.92 Å². The third kappa shape index (κ3) is 4.64. The van der Waals surface area contributed by atoms with Crippen LogP contribution in [0.4, 0.5) is 5.69 Å². The molecule has 1 N–H and O–H groups in total. The summed E-state index contributed by atoms with van der Waals surface area (Å²) in [6, 6.07) is 32.8. The molecule has 1 aliphatic rings. The van der Waals surface area contributed by atoms with Gasteiger partial charge in [0.1, 0.15) is 29.1 Å². The van der Waals surface area contributed by atoms with Crippen LogP contribution in [-0.4, -0.2) is 10.1 Å². The molecule has 7 heteroatoms. The van der Waals surface area contributed by atoms with Crippen LogP contribution in [0.2, 0.25) is 5.02 Å². The van der Waals surface area contributed by atoms with E-state index in [2.05, 4.69) is 15.2 Å². The molecule has 0 bridgehead atoms. The zero-order valence-electron chi connectivity index (χ0n) is 20.5. The second kappa shape index (κ2) is 10.3. The van der Waals surface area contributed by atoms with Gasteiger partial charge in [-0.25, -0.2) is 0 Å². The zero-order chi connectivity index (χ0) is 26.1. The lowest BCUT2D eigenvalue weighted by Crippen LogP contribution is -2.29. The number of para-hydroxylation sites is 1. The number of nitrogens with zero attached hydrogens (tertiary/aromatic N) is 2. The van der Waals surface area contributed by atoms with Crippen molar-refractivity contribution >= 4 is 34.6 Å². The molecule has 0 saturated carbocycles. The number of nitrogens with one attached hydrogen (secondary N) is 1. The van der Waals surface area contributed by atoms with Gasteiger partial charge in [0.15, 0.2) is 5.11 Å². The van der Waals surface area contributed by atoms with Gasteiger partial charge in [0.05, 0.1) is 11.7 Å². The van der Waals surface area contributed by atoms with Crippen LogP contribution in [0.3, 0.4) is 0 Å². The van der Waals surface area contributed by atoms with Gasteiger partial charge >= 0.3 is 0 Å². The predicted octanol–water partition coefficient (Wildman–Crippen LogP) is 8.27. The minimum Gasteiger partial charge on any atom is -0.459 e. The molecule has 6 rings (SSSR count). The number of ether oxygens (including phenoxy) is 1. The molecule has 3 heterocycles. The molecule has 1 saturated heterocycles. The van der Waals surface area contributed by atoms with E-state index < -0.39 is 0 Å². The highest BCUT2D eigenvalue weighted by molar-refractivity contribution is 7.80. The first-order valence-corrected chi connectivity index (χ1v) is 13.1. The van der Waals surface area contributed by atoms with Gasteiger partial charge in [0.2, 0.25) is 0 Å². The average molecular weight is 538 g/mol. The number of rotatable bonds is 6. The summed E-state index contributed by atoms with van der Waals surface area (Å²) in [6.07, 6.45) is 1.79. The highest BCUT2D eigenvalue weighted by atomic mass is 35.5. The van der Waals surface area contributed by atoms with Gasteiger partial charge in [-0.1, -0.05) is 48.0 Å². The summed E-state index contributed by atoms with van der Waals surface area (Å²) < 4.78 is 12.5. The largest absolute Gasteiger partial charge is 0.459 e. The summed E-state index contributed by atoms with van der Waals surface area (Å²) in [5.74, 6) is 3.05. The summed E-state index contributed by atoms with van der Waals surface area (Å²) in [5.41, 5.74) is 3.73. The van der Waals surface area contributed by atoms with Crippen molar-refractivity contribution in [1.82, 2.24) is 10.3 Å². The Morgan fingerprint density at radius 3 is 2.39 bits per heavy atom. The first-order valence-electron chi connectivity index (χ1n) is 12.3.